The fourth-order valence-electron chi connectivity index (χ4n) is 1.53. The molecular weight excluding hydrogens is 211 g/mol. The van der Waals surface area contributed by atoms with Gasteiger partial charge in [0.15, 0.2) is 6.29 Å². The van der Waals surface area contributed by atoms with Crippen molar-refractivity contribution >= 4 is 6.29 Å². The van der Waals surface area contributed by atoms with Crippen molar-refractivity contribution in [3.8, 4) is 0 Å². The molecule has 16 heavy (non-hydrogen) atoms. The van der Waals surface area contributed by atoms with E-state index in [9.17, 15) is 9.18 Å². The second kappa shape index (κ2) is 8.42. The van der Waals surface area contributed by atoms with E-state index in [1.165, 1.54) is 6.08 Å². The third kappa shape index (κ3) is 5.98. The Morgan fingerprint density at radius 3 is 3.00 bits per heavy atom. The second-order valence-electron chi connectivity index (χ2n) is 3.86. The smallest absolute Gasteiger partial charge is 0.158 e. The van der Waals surface area contributed by atoms with Crippen molar-refractivity contribution in [1.82, 2.24) is 0 Å². The van der Waals surface area contributed by atoms with Gasteiger partial charge in [-0.05, 0) is 32.1 Å². The first-order chi connectivity index (χ1) is 7.83. The number of aldehydes is 1. The summed E-state index contributed by atoms with van der Waals surface area (Å²) in [5.74, 6) is -0.278. The minimum atomic E-state index is -0.278. The first-order valence-corrected chi connectivity index (χ1v) is 5.84. The van der Waals surface area contributed by atoms with Crippen LogP contribution in [0.1, 0.15) is 38.5 Å². The molecule has 1 saturated heterocycles. The van der Waals surface area contributed by atoms with Gasteiger partial charge in [-0.1, -0.05) is 6.08 Å². The number of allylic oxidation sites excluding steroid dienone is 1. The summed E-state index contributed by atoms with van der Waals surface area (Å²) in [6.45, 7) is 0.682. The normalized spacial score (nSPS) is 22.1. The summed E-state index contributed by atoms with van der Waals surface area (Å²) in [5.41, 5.74) is 0. The monoisotopic (exact) mass is 230 g/mol. The molecule has 1 rings (SSSR count). The van der Waals surface area contributed by atoms with Crippen LogP contribution >= 0.6 is 0 Å². The molecule has 0 spiro atoms. The summed E-state index contributed by atoms with van der Waals surface area (Å²) < 4.78 is 23.8. The molecule has 0 aromatic heterocycles. The van der Waals surface area contributed by atoms with Crippen molar-refractivity contribution in [3.63, 3.8) is 0 Å². The standard InChI is InChI=1S/C12H19FO3/c13-11(6-2-1-4-8-14)10-16-12-7-3-5-9-15-12/h6,8,12H,1-5,7,9-10H2/b11-6+. The van der Waals surface area contributed by atoms with Gasteiger partial charge in [-0.3, -0.25) is 0 Å². The summed E-state index contributed by atoms with van der Waals surface area (Å²) in [6.07, 6.45) is 6.82. The molecule has 0 aromatic carbocycles. The quantitative estimate of drug-likeness (QED) is 0.498. The van der Waals surface area contributed by atoms with Crippen LogP contribution in [0, 0.1) is 0 Å². The highest BCUT2D eigenvalue weighted by molar-refractivity contribution is 5.49. The number of carbonyl (C=O) groups excluding carboxylic acids is 1. The molecule has 4 heteroatoms. The highest BCUT2D eigenvalue weighted by Crippen LogP contribution is 2.15. The number of hydrogen-bond donors (Lipinski definition) is 0. The molecule has 1 aliphatic rings. The largest absolute Gasteiger partial charge is 0.353 e. The van der Waals surface area contributed by atoms with Gasteiger partial charge in [0, 0.05) is 13.0 Å². The van der Waals surface area contributed by atoms with Crippen LogP contribution in [0.15, 0.2) is 11.9 Å². The summed E-state index contributed by atoms with van der Waals surface area (Å²) in [5, 5.41) is 0. The zero-order valence-corrected chi connectivity index (χ0v) is 9.49. The number of carbonyl (C=O) groups is 1. The first kappa shape index (κ1) is 13.3. The van der Waals surface area contributed by atoms with E-state index in [2.05, 4.69) is 0 Å². The Morgan fingerprint density at radius 2 is 2.31 bits per heavy atom. The molecule has 0 amide bonds. The van der Waals surface area contributed by atoms with Crippen LogP contribution in [0.4, 0.5) is 4.39 Å². The van der Waals surface area contributed by atoms with Gasteiger partial charge in [-0.2, -0.15) is 0 Å². The molecule has 0 bridgehead atoms. The van der Waals surface area contributed by atoms with Crippen molar-refractivity contribution in [2.24, 2.45) is 0 Å². The molecule has 0 N–H and O–H groups in total. The maximum absolute atomic E-state index is 13.2. The Kier molecular flexibility index (Phi) is 7.01. The number of rotatable bonds is 7. The first-order valence-electron chi connectivity index (χ1n) is 5.84. The van der Waals surface area contributed by atoms with Crippen LogP contribution < -0.4 is 0 Å². The Balaban J connectivity index is 2.07. The van der Waals surface area contributed by atoms with Crippen LogP contribution in [0.3, 0.4) is 0 Å². The van der Waals surface area contributed by atoms with Gasteiger partial charge >= 0.3 is 0 Å². The molecule has 0 aliphatic carbocycles. The number of unbranched alkanes of at least 4 members (excludes halogenated alkanes) is 2. The highest BCUT2D eigenvalue weighted by Gasteiger charge is 2.14. The molecule has 92 valence electrons. The summed E-state index contributed by atoms with van der Waals surface area (Å²) >= 11 is 0. The van der Waals surface area contributed by atoms with Gasteiger partial charge in [0.1, 0.15) is 18.7 Å². The Hall–Kier alpha value is -0.740. The molecule has 1 atom stereocenters. The van der Waals surface area contributed by atoms with Crippen molar-refractivity contribution in [2.45, 2.75) is 44.8 Å². The number of hydrogen-bond acceptors (Lipinski definition) is 3. The lowest BCUT2D eigenvalue weighted by molar-refractivity contribution is -0.159. The van der Waals surface area contributed by atoms with Gasteiger partial charge in [-0.15, -0.1) is 0 Å². The van der Waals surface area contributed by atoms with E-state index in [4.69, 9.17) is 9.47 Å². The summed E-state index contributed by atoms with van der Waals surface area (Å²) in [4.78, 5) is 10.0. The third-order valence-electron chi connectivity index (χ3n) is 2.44. The topological polar surface area (TPSA) is 35.5 Å². The maximum atomic E-state index is 13.2. The van der Waals surface area contributed by atoms with E-state index in [-0.39, 0.29) is 18.7 Å². The Labute approximate surface area is 95.6 Å². The zero-order chi connectivity index (χ0) is 11.6. The fraction of sp³-hybridized carbons (Fsp3) is 0.750. The van der Waals surface area contributed by atoms with E-state index in [0.717, 1.165) is 25.5 Å². The molecule has 1 aliphatic heterocycles. The lowest BCUT2D eigenvalue weighted by atomic mass is 10.2. The van der Waals surface area contributed by atoms with E-state index in [1.807, 2.05) is 0 Å². The molecule has 1 heterocycles. The number of halogens is 1. The molecule has 0 radical (unpaired) electrons. The fourth-order valence-corrected chi connectivity index (χ4v) is 1.53. The Morgan fingerprint density at radius 1 is 1.44 bits per heavy atom. The van der Waals surface area contributed by atoms with Gasteiger partial charge in [0.2, 0.25) is 0 Å². The lowest BCUT2D eigenvalue weighted by Crippen LogP contribution is -2.22. The molecule has 3 nitrogen and oxygen atoms in total. The van der Waals surface area contributed by atoms with Crippen LogP contribution in [-0.2, 0) is 14.3 Å². The predicted molar refractivity (Wildman–Crippen MR) is 58.6 cm³/mol. The minimum absolute atomic E-state index is 0.0221. The van der Waals surface area contributed by atoms with Gasteiger partial charge in [-0.25, -0.2) is 4.39 Å². The number of ether oxygens (including phenoxy) is 2. The van der Waals surface area contributed by atoms with E-state index in [0.29, 0.717) is 25.9 Å². The van der Waals surface area contributed by atoms with Gasteiger partial charge < -0.3 is 14.3 Å². The highest BCUT2D eigenvalue weighted by atomic mass is 19.1. The van der Waals surface area contributed by atoms with Crippen molar-refractivity contribution in [2.75, 3.05) is 13.2 Å². The second-order valence-corrected chi connectivity index (χ2v) is 3.86. The average Bonchev–Trinajstić information content (AvgIpc) is 2.33. The molecule has 0 aromatic rings. The SMILES string of the molecule is O=CCCC/C=C(/F)COC1CCCCO1. The Bertz CT molecular complexity index is 222. The molecule has 0 saturated carbocycles. The zero-order valence-electron chi connectivity index (χ0n) is 9.49. The summed E-state index contributed by atoms with van der Waals surface area (Å²) in [6, 6.07) is 0. The maximum Gasteiger partial charge on any atom is 0.158 e. The third-order valence-corrected chi connectivity index (χ3v) is 2.44. The van der Waals surface area contributed by atoms with E-state index >= 15 is 0 Å². The van der Waals surface area contributed by atoms with Crippen LogP contribution in [0.25, 0.3) is 0 Å². The van der Waals surface area contributed by atoms with Crippen molar-refractivity contribution in [1.29, 1.82) is 0 Å². The van der Waals surface area contributed by atoms with E-state index in [1.54, 1.807) is 0 Å². The van der Waals surface area contributed by atoms with Gasteiger partial charge in [0.25, 0.3) is 0 Å². The van der Waals surface area contributed by atoms with Crippen molar-refractivity contribution < 1.29 is 18.7 Å². The molecular formula is C12H19FO3. The average molecular weight is 230 g/mol. The summed E-state index contributed by atoms with van der Waals surface area (Å²) in [7, 11) is 0. The predicted octanol–water partition coefficient (Wildman–Crippen LogP) is 2.75. The van der Waals surface area contributed by atoms with Gasteiger partial charge in [0.05, 0.1) is 0 Å². The van der Waals surface area contributed by atoms with Crippen molar-refractivity contribution in [3.05, 3.63) is 11.9 Å². The van der Waals surface area contributed by atoms with Crippen LogP contribution in [0.5, 0.6) is 0 Å². The molecule has 1 unspecified atom stereocenters. The molecule has 1 fully saturated rings. The minimum Gasteiger partial charge on any atom is -0.353 e. The lowest BCUT2D eigenvalue weighted by Gasteiger charge is -2.22. The van der Waals surface area contributed by atoms with E-state index < -0.39 is 0 Å². The van der Waals surface area contributed by atoms with Crippen LogP contribution in [-0.4, -0.2) is 25.8 Å². The van der Waals surface area contributed by atoms with Crippen LogP contribution in [0.2, 0.25) is 0 Å².